The second-order valence-electron chi connectivity index (χ2n) is 7.34. The van der Waals surface area contributed by atoms with Gasteiger partial charge in [0.1, 0.15) is 11.8 Å². The van der Waals surface area contributed by atoms with Crippen molar-refractivity contribution in [3.8, 4) is 0 Å². The van der Waals surface area contributed by atoms with Crippen LogP contribution in [0.5, 0.6) is 0 Å². The average Bonchev–Trinajstić information content (AvgIpc) is 3.05. The Kier molecular flexibility index (Phi) is 5.48. The maximum absolute atomic E-state index is 13.1. The number of pyridine rings is 1. The number of Topliss-reactive ketones (excluding diaryl/α,β-unsaturated/α-hetero) is 1. The van der Waals surface area contributed by atoms with Crippen LogP contribution >= 0.6 is 11.6 Å². The number of carbonyl (C=O) groups is 2. The summed E-state index contributed by atoms with van der Waals surface area (Å²) in [5, 5.41) is 11.5. The van der Waals surface area contributed by atoms with E-state index in [-0.39, 0.29) is 11.3 Å². The maximum atomic E-state index is 13.1. The van der Waals surface area contributed by atoms with Crippen molar-refractivity contribution in [3.05, 3.63) is 94.8 Å². The number of ketones is 1. The minimum absolute atomic E-state index is 0.0114. The summed E-state index contributed by atoms with van der Waals surface area (Å²) in [7, 11) is 3.84. The van der Waals surface area contributed by atoms with Gasteiger partial charge in [-0.1, -0.05) is 17.7 Å². The van der Waals surface area contributed by atoms with Gasteiger partial charge >= 0.3 is 0 Å². The number of nitrogens with zero attached hydrogens (tertiary/aromatic N) is 3. The minimum Gasteiger partial charge on any atom is -0.507 e. The Morgan fingerprint density at radius 3 is 2.26 bits per heavy atom. The van der Waals surface area contributed by atoms with E-state index in [9.17, 15) is 14.7 Å². The highest BCUT2D eigenvalue weighted by Crippen LogP contribution is 2.41. The molecule has 1 N–H and O–H groups in total. The lowest BCUT2D eigenvalue weighted by atomic mass is 9.98. The van der Waals surface area contributed by atoms with Crippen LogP contribution < -0.4 is 9.80 Å². The van der Waals surface area contributed by atoms with Crippen LogP contribution in [0.1, 0.15) is 17.3 Å². The molecule has 1 atom stereocenters. The number of rotatable bonds is 4. The summed E-state index contributed by atoms with van der Waals surface area (Å²) >= 11 is 5.95. The third-order valence-corrected chi connectivity index (χ3v) is 5.43. The molecule has 1 saturated heterocycles. The predicted octanol–water partition coefficient (Wildman–Crippen LogP) is 4.43. The lowest BCUT2D eigenvalue weighted by molar-refractivity contribution is -0.132. The second kappa shape index (κ2) is 8.24. The molecule has 1 aliphatic rings. The SMILES string of the molecule is CN(C)c1ccc(N2C(=O)C(=O)/C(=C(\O)c3ccc(Cl)cc3)C2c2ccccn2)cc1. The zero-order valence-electron chi connectivity index (χ0n) is 17.0. The molecule has 4 rings (SSSR count). The second-order valence-corrected chi connectivity index (χ2v) is 7.78. The average molecular weight is 434 g/mol. The molecule has 3 aromatic rings. The highest BCUT2D eigenvalue weighted by atomic mass is 35.5. The molecular formula is C24H20ClN3O3. The molecule has 156 valence electrons. The highest BCUT2D eigenvalue weighted by Gasteiger charge is 2.47. The molecule has 1 amide bonds. The molecular weight excluding hydrogens is 414 g/mol. The minimum atomic E-state index is -0.859. The number of halogens is 1. The molecule has 0 bridgehead atoms. The number of hydrogen-bond acceptors (Lipinski definition) is 5. The molecule has 31 heavy (non-hydrogen) atoms. The van der Waals surface area contributed by atoms with Crippen LogP contribution in [0.4, 0.5) is 11.4 Å². The Morgan fingerprint density at radius 1 is 1.00 bits per heavy atom. The van der Waals surface area contributed by atoms with Gasteiger partial charge in [-0.25, -0.2) is 0 Å². The molecule has 1 aromatic heterocycles. The van der Waals surface area contributed by atoms with E-state index in [0.29, 0.717) is 22.0 Å². The van der Waals surface area contributed by atoms with Gasteiger partial charge in [0.15, 0.2) is 0 Å². The molecule has 6 nitrogen and oxygen atoms in total. The number of aromatic nitrogens is 1. The van der Waals surface area contributed by atoms with Crippen LogP contribution in [0.15, 0.2) is 78.5 Å². The van der Waals surface area contributed by atoms with E-state index in [1.54, 1.807) is 60.8 Å². The predicted molar refractivity (Wildman–Crippen MR) is 121 cm³/mol. The van der Waals surface area contributed by atoms with Gasteiger partial charge < -0.3 is 10.0 Å². The first-order valence-corrected chi connectivity index (χ1v) is 10.0. The lowest BCUT2D eigenvalue weighted by Gasteiger charge is -2.25. The summed E-state index contributed by atoms with van der Waals surface area (Å²) in [4.78, 5) is 33.8. The molecule has 0 spiro atoms. The summed E-state index contributed by atoms with van der Waals surface area (Å²) < 4.78 is 0. The zero-order chi connectivity index (χ0) is 22.1. The maximum Gasteiger partial charge on any atom is 0.300 e. The largest absolute Gasteiger partial charge is 0.507 e. The fourth-order valence-corrected chi connectivity index (χ4v) is 3.72. The molecule has 2 heterocycles. The smallest absolute Gasteiger partial charge is 0.300 e. The third kappa shape index (κ3) is 3.78. The quantitative estimate of drug-likeness (QED) is 0.374. The molecule has 0 aliphatic carbocycles. The monoisotopic (exact) mass is 433 g/mol. The van der Waals surface area contributed by atoms with E-state index in [1.807, 2.05) is 31.1 Å². The number of benzene rings is 2. The van der Waals surface area contributed by atoms with E-state index in [4.69, 9.17) is 11.6 Å². The van der Waals surface area contributed by atoms with E-state index in [1.165, 1.54) is 4.90 Å². The molecule has 1 unspecified atom stereocenters. The van der Waals surface area contributed by atoms with E-state index in [2.05, 4.69) is 4.98 Å². The lowest BCUT2D eigenvalue weighted by Crippen LogP contribution is -2.29. The molecule has 2 aromatic carbocycles. The summed E-state index contributed by atoms with van der Waals surface area (Å²) in [6.45, 7) is 0. The van der Waals surface area contributed by atoms with Gasteiger partial charge in [0.05, 0.1) is 11.3 Å². The van der Waals surface area contributed by atoms with Crippen LogP contribution in [0.25, 0.3) is 5.76 Å². The highest BCUT2D eigenvalue weighted by molar-refractivity contribution is 6.51. The van der Waals surface area contributed by atoms with Crippen molar-refractivity contribution >= 4 is 40.4 Å². The number of carbonyl (C=O) groups excluding carboxylic acids is 2. The van der Waals surface area contributed by atoms with Crippen molar-refractivity contribution < 1.29 is 14.7 Å². The summed E-state index contributed by atoms with van der Waals surface area (Å²) in [6.07, 6.45) is 1.59. The number of aliphatic hydroxyl groups excluding tert-OH is 1. The number of amides is 1. The number of anilines is 2. The Labute approximate surface area is 185 Å². The van der Waals surface area contributed by atoms with Crippen LogP contribution in [0, 0.1) is 0 Å². The number of aliphatic hydroxyl groups is 1. The van der Waals surface area contributed by atoms with E-state index in [0.717, 1.165) is 5.69 Å². The van der Waals surface area contributed by atoms with Gasteiger partial charge in [-0.2, -0.15) is 0 Å². The number of hydrogen-bond donors (Lipinski definition) is 1. The normalized spacial score (nSPS) is 17.8. The summed E-state index contributed by atoms with van der Waals surface area (Å²) in [5.74, 6) is -1.75. The van der Waals surface area contributed by atoms with Crippen molar-refractivity contribution in [3.63, 3.8) is 0 Å². The van der Waals surface area contributed by atoms with Crippen LogP contribution in [-0.4, -0.2) is 35.9 Å². The Hall–Kier alpha value is -3.64. The van der Waals surface area contributed by atoms with Crippen LogP contribution in [0.3, 0.4) is 0 Å². The van der Waals surface area contributed by atoms with Gasteiger partial charge in [-0.3, -0.25) is 19.5 Å². The Balaban J connectivity index is 1.89. The van der Waals surface area contributed by atoms with Crippen LogP contribution in [0.2, 0.25) is 5.02 Å². The van der Waals surface area contributed by atoms with Crippen molar-refractivity contribution in [2.24, 2.45) is 0 Å². The standard InChI is InChI=1S/C24H20ClN3O3/c1-27(2)17-10-12-18(13-11-17)28-21(19-5-3-4-14-26-19)20(23(30)24(28)31)22(29)15-6-8-16(25)9-7-15/h3-14,21,29H,1-2H3/b22-20-. The van der Waals surface area contributed by atoms with E-state index >= 15 is 0 Å². The van der Waals surface area contributed by atoms with Crippen LogP contribution in [-0.2, 0) is 9.59 Å². The first-order chi connectivity index (χ1) is 14.9. The molecule has 0 saturated carbocycles. The summed E-state index contributed by atoms with van der Waals surface area (Å²) in [5.41, 5.74) is 2.36. The van der Waals surface area contributed by atoms with Gasteiger partial charge in [-0.05, 0) is 60.7 Å². The van der Waals surface area contributed by atoms with Crippen molar-refractivity contribution in [1.29, 1.82) is 0 Å². The van der Waals surface area contributed by atoms with Gasteiger partial charge in [0.2, 0.25) is 0 Å². The molecule has 7 heteroatoms. The van der Waals surface area contributed by atoms with Crippen molar-refractivity contribution in [2.45, 2.75) is 6.04 Å². The fraction of sp³-hybridized carbons (Fsp3) is 0.125. The Bertz CT molecular complexity index is 1160. The molecule has 1 aliphatic heterocycles. The topological polar surface area (TPSA) is 73.7 Å². The van der Waals surface area contributed by atoms with Gasteiger partial charge in [0.25, 0.3) is 11.7 Å². The van der Waals surface area contributed by atoms with Crippen molar-refractivity contribution in [2.75, 3.05) is 23.9 Å². The van der Waals surface area contributed by atoms with Crippen molar-refractivity contribution in [1.82, 2.24) is 4.98 Å². The molecule has 1 fully saturated rings. The zero-order valence-corrected chi connectivity index (χ0v) is 17.7. The molecule has 0 radical (unpaired) electrons. The first-order valence-electron chi connectivity index (χ1n) is 9.63. The third-order valence-electron chi connectivity index (χ3n) is 5.17. The fourth-order valence-electron chi connectivity index (χ4n) is 3.59. The first kappa shape index (κ1) is 20.6. The van der Waals surface area contributed by atoms with Gasteiger partial charge in [-0.15, -0.1) is 0 Å². The van der Waals surface area contributed by atoms with Gasteiger partial charge in [0, 0.05) is 42.3 Å². The van der Waals surface area contributed by atoms with E-state index < -0.39 is 17.7 Å². The Morgan fingerprint density at radius 2 is 1.68 bits per heavy atom. The summed E-state index contributed by atoms with van der Waals surface area (Å²) in [6, 6.07) is 18.1.